The van der Waals surface area contributed by atoms with E-state index in [2.05, 4.69) is 18.8 Å². The molecule has 0 aliphatic carbocycles. The molecule has 1 atom stereocenters. The summed E-state index contributed by atoms with van der Waals surface area (Å²) in [5.41, 5.74) is 0. The Kier molecular flexibility index (Phi) is 4.33. The largest absolute Gasteiger partial charge is 0.381 e. The molecule has 0 aromatic heterocycles. The fourth-order valence-corrected chi connectivity index (χ4v) is 1.39. The zero-order chi connectivity index (χ0) is 8.81. The van der Waals surface area contributed by atoms with Crippen LogP contribution in [0.2, 0.25) is 0 Å². The molecule has 12 heavy (non-hydrogen) atoms. The predicted molar refractivity (Wildman–Crippen MR) is 51.2 cm³/mol. The van der Waals surface area contributed by atoms with Crippen molar-refractivity contribution >= 4 is 0 Å². The standard InChI is InChI=1S/C10H19NO/c1-3-9(2)11-8-10-4-6-12-7-5-10/h3,9-11H,1,4-8H2,2H3. The van der Waals surface area contributed by atoms with Crippen molar-refractivity contribution < 1.29 is 4.74 Å². The maximum absolute atomic E-state index is 5.28. The number of hydrogen-bond donors (Lipinski definition) is 1. The molecule has 0 aromatic carbocycles. The second-order valence-electron chi connectivity index (χ2n) is 3.49. The highest BCUT2D eigenvalue weighted by Crippen LogP contribution is 2.13. The van der Waals surface area contributed by atoms with Gasteiger partial charge in [0.25, 0.3) is 0 Å². The summed E-state index contributed by atoms with van der Waals surface area (Å²) in [6.07, 6.45) is 4.35. The van der Waals surface area contributed by atoms with E-state index in [1.807, 2.05) is 6.08 Å². The highest BCUT2D eigenvalue weighted by molar-refractivity contribution is 4.82. The molecule has 0 bridgehead atoms. The van der Waals surface area contributed by atoms with Crippen LogP contribution in [0.25, 0.3) is 0 Å². The van der Waals surface area contributed by atoms with Crippen molar-refractivity contribution in [1.29, 1.82) is 0 Å². The van der Waals surface area contributed by atoms with E-state index < -0.39 is 0 Å². The van der Waals surface area contributed by atoms with E-state index in [9.17, 15) is 0 Å². The van der Waals surface area contributed by atoms with Crippen molar-refractivity contribution in [3.8, 4) is 0 Å². The second-order valence-corrected chi connectivity index (χ2v) is 3.49. The van der Waals surface area contributed by atoms with Crippen LogP contribution in [0.3, 0.4) is 0 Å². The maximum atomic E-state index is 5.28. The predicted octanol–water partition coefficient (Wildman–Crippen LogP) is 1.58. The van der Waals surface area contributed by atoms with Crippen molar-refractivity contribution in [3.05, 3.63) is 12.7 Å². The molecule has 1 saturated heterocycles. The second kappa shape index (κ2) is 5.33. The lowest BCUT2D eigenvalue weighted by Gasteiger charge is -2.23. The van der Waals surface area contributed by atoms with Crippen LogP contribution in [0.15, 0.2) is 12.7 Å². The van der Waals surface area contributed by atoms with Crippen LogP contribution in [0.1, 0.15) is 19.8 Å². The molecule has 1 fully saturated rings. The van der Waals surface area contributed by atoms with Crippen LogP contribution >= 0.6 is 0 Å². The van der Waals surface area contributed by atoms with Crippen LogP contribution in [0.5, 0.6) is 0 Å². The van der Waals surface area contributed by atoms with E-state index in [1.165, 1.54) is 12.8 Å². The van der Waals surface area contributed by atoms with Gasteiger partial charge in [-0.25, -0.2) is 0 Å². The van der Waals surface area contributed by atoms with E-state index >= 15 is 0 Å². The van der Waals surface area contributed by atoms with E-state index in [1.54, 1.807) is 0 Å². The third-order valence-corrected chi connectivity index (χ3v) is 2.42. The van der Waals surface area contributed by atoms with Gasteiger partial charge in [-0.15, -0.1) is 6.58 Å². The highest BCUT2D eigenvalue weighted by atomic mass is 16.5. The van der Waals surface area contributed by atoms with Crippen molar-refractivity contribution in [2.24, 2.45) is 5.92 Å². The van der Waals surface area contributed by atoms with Gasteiger partial charge in [-0.05, 0) is 32.2 Å². The Hall–Kier alpha value is -0.340. The lowest BCUT2D eigenvalue weighted by Crippen LogP contribution is -2.32. The smallest absolute Gasteiger partial charge is 0.0469 e. The summed E-state index contributed by atoms with van der Waals surface area (Å²) in [5, 5.41) is 3.43. The molecule has 0 radical (unpaired) electrons. The molecule has 1 aliphatic rings. The molecule has 1 N–H and O–H groups in total. The first-order valence-corrected chi connectivity index (χ1v) is 4.76. The van der Waals surface area contributed by atoms with Gasteiger partial charge in [-0.3, -0.25) is 0 Å². The molecule has 2 nitrogen and oxygen atoms in total. The number of hydrogen-bond acceptors (Lipinski definition) is 2. The number of nitrogens with one attached hydrogen (secondary N) is 1. The van der Waals surface area contributed by atoms with Crippen LogP contribution in [0, 0.1) is 5.92 Å². The van der Waals surface area contributed by atoms with Crippen LogP contribution in [-0.4, -0.2) is 25.8 Å². The topological polar surface area (TPSA) is 21.3 Å². The van der Waals surface area contributed by atoms with Gasteiger partial charge >= 0.3 is 0 Å². The first kappa shape index (κ1) is 9.75. The Morgan fingerprint density at radius 2 is 2.25 bits per heavy atom. The Labute approximate surface area is 75.0 Å². The van der Waals surface area contributed by atoms with Gasteiger partial charge in [0.15, 0.2) is 0 Å². The van der Waals surface area contributed by atoms with Crippen LogP contribution < -0.4 is 5.32 Å². The van der Waals surface area contributed by atoms with Crippen LogP contribution in [-0.2, 0) is 4.74 Å². The molecule has 2 heteroatoms. The van der Waals surface area contributed by atoms with Crippen molar-refractivity contribution in [2.75, 3.05) is 19.8 Å². The molecule has 0 saturated carbocycles. The van der Waals surface area contributed by atoms with Crippen molar-refractivity contribution in [1.82, 2.24) is 5.32 Å². The average molecular weight is 169 g/mol. The minimum atomic E-state index is 0.438. The Bertz CT molecular complexity index is 130. The van der Waals surface area contributed by atoms with Gasteiger partial charge in [0.05, 0.1) is 0 Å². The van der Waals surface area contributed by atoms with E-state index in [-0.39, 0.29) is 0 Å². The first-order chi connectivity index (χ1) is 5.83. The molecule has 0 spiro atoms. The van der Waals surface area contributed by atoms with Gasteiger partial charge in [0.2, 0.25) is 0 Å². The summed E-state index contributed by atoms with van der Waals surface area (Å²) in [4.78, 5) is 0. The number of ether oxygens (including phenoxy) is 1. The third kappa shape index (κ3) is 3.37. The monoisotopic (exact) mass is 169 g/mol. The van der Waals surface area contributed by atoms with Gasteiger partial charge in [0, 0.05) is 19.3 Å². The third-order valence-electron chi connectivity index (χ3n) is 2.42. The molecular formula is C10H19NO. The van der Waals surface area contributed by atoms with Gasteiger partial charge in [0.1, 0.15) is 0 Å². The Morgan fingerprint density at radius 1 is 1.58 bits per heavy atom. The van der Waals surface area contributed by atoms with E-state index in [0.717, 1.165) is 25.7 Å². The lowest BCUT2D eigenvalue weighted by atomic mass is 10.0. The summed E-state index contributed by atoms with van der Waals surface area (Å²) in [6, 6.07) is 0.438. The Morgan fingerprint density at radius 3 is 2.83 bits per heavy atom. The molecular weight excluding hydrogens is 150 g/mol. The average Bonchev–Trinajstić information content (AvgIpc) is 2.16. The number of rotatable bonds is 4. The van der Waals surface area contributed by atoms with Crippen molar-refractivity contribution in [2.45, 2.75) is 25.8 Å². The molecule has 0 amide bonds. The first-order valence-electron chi connectivity index (χ1n) is 4.76. The highest BCUT2D eigenvalue weighted by Gasteiger charge is 2.13. The summed E-state index contributed by atoms with van der Waals surface area (Å²) in [7, 11) is 0. The van der Waals surface area contributed by atoms with E-state index in [4.69, 9.17) is 4.74 Å². The quantitative estimate of drug-likeness (QED) is 0.645. The summed E-state index contributed by atoms with van der Waals surface area (Å²) < 4.78 is 5.28. The summed E-state index contributed by atoms with van der Waals surface area (Å²) in [6.45, 7) is 8.85. The van der Waals surface area contributed by atoms with Crippen LogP contribution in [0.4, 0.5) is 0 Å². The van der Waals surface area contributed by atoms with E-state index in [0.29, 0.717) is 6.04 Å². The SMILES string of the molecule is C=CC(C)NCC1CCOCC1. The summed E-state index contributed by atoms with van der Waals surface area (Å²) in [5.74, 6) is 0.807. The fourth-order valence-electron chi connectivity index (χ4n) is 1.39. The zero-order valence-electron chi connectivity index (χ0n) is 7.88. The minimum absolute atomic E-state index is 0.438. The van der Waals surface area contributed by atoms with Gasteiger partial charge in [-0.1, -0.05) is 6.08 Å². The van der Waals surface area contributed by atoms with Gasteiger partial charge in [-0.2, -0.15) is 0 Å². The fraction of sp³-hybridized carbons (Fsp3) is 0.800. The van der Waals surface area contributed by atoms with Gasteiger partial charge < -0.3 is 10.1 Å². The molecule has 1 aliphatic heterocycles. The molecule has 1 unspecified atom stereocenters. The molecule has 0 aromatic rings. The van der Waals surface area contributed by atoms with Crippen molar-refractivity contribution in [3.63, 3.8) is 0 Å². The maximum Gasteiger partial charge on any atom is 0.0469 e. The minimum Gasteiger partial charge on any atom is -0.381 e. The molecule has 1 heterocycles. The Balaban J connectivity index is 2.08. The lowest BCUT2D eigenvalue weighted by molar-refractivity contribution is 0.0660. The zero-order valence-corrected chi connectivity index (χ0v) is 7.88. The molecule has 1 rings (SSSR count). The normalized spacial score (nSPS) is 22.1. The molecule has 70 valence electrons. The summed E-state index contributed by atoms with van der Waals surface area (Å²) >= 11 is 0.